The maximum Gasteiger partial charge on any atom is 0.391 e. The van der Waals surface area contributed by atoms with Crippen LogP contribution in [0.4, 0.5) is 13.2 Å². The zero-order valence-electron chi connectivity index (χ0n) is 12.5. The van der Waals surface area contributed by atoms with Crippen molar-refractivity contribution in [2.24, 2.45) is 11.8 Å². The minimum atomic E-state index is -4.06. The van der Waals surface area contributed by atoms with E-state index >= 15 is 0 Å². The van der Waals surface area contributed by atoms with Crippen LogP contribution in [0.5, 0.6) is 0 Å². The lowest BCUT2D eigenvalue weighted by Gasteiger charge is -2.29. The van der Waals surface area contributed by atoms with Crippen LogP contribution in [0.3, 0.4) is 0 Å². The van der Waals surface area contributed by atoms with Crippen LogP contribution in [0.25, 0.3) is 0 Å². The van der Waals surface area contributed by atoms with Gasteiger partial charge in [0.1, 0.15) is 5.82 Å². The predicted octanol–water partition coefficient (Wildman–Crippen LogP) is 4.76. The van der Waals surface area contributed by atoms with Gasteiger partial charge in [0.05, 0.1) is 11.6 Å². The summed E-state index contributed by atoms with van der Waals surface area (Å²) in [7, 11) is 0. The first-order valence-electron chi connectivity index (χ1n) is 8.11. The first kappa shape index (κ1) is 14.9. The molecule has 2 aliphatic rings. The van der Waals surface area contributed by atoms with E-state index in [4.69, 9.17) is 0 Å². The minimum absolute atomic E-state index is 0.0453. The summed E-state index contributed by atoms with van der Waals surface area (Å²) in [4.78, 5) is 8.00. The topological polar surface area (TPSA) is 28.7 Å². The third-order valence-electron chi connectivity index (χ3n) is 5.27. The van der Waals surface area contributed by atoms with Crippen LogP contribution < -0.4 is 0 Å². The average Bonchev–Trinajstić information content (AvgIpc) is 2.89. The Hall–Kier alpha value is -1.00. The van der Waals surface area contributed by atoms with Gasteiger partial charge in [-0.3, -0.25) is 0 Å². The molecule has 1 fully saturated rings. The minimum Gasteiger partial charge on any atom is -0.345 e. The average molecular weight is 300 g/mol. The number of fused-ring (bicyclic) bond motifs is 1. The Bertz CT molecular complexity index is 492. The number of H-pyrrole nitrogens is 1. The Morgan fingerprint density at radius 3 is 2.76 bits per heavy atom. The maximum atomic E-state index is 12.9. The van der Waals surface area contributed by atoms with Crippen molar-refractivity contribution >= 4 is 0 Å². The van der Waals surface area contributed by atoms with Crippen molar-refractivity contribution in [3.8, 4) is 0 Å². The van der Waals surface area contributed by atoms with Gasteiger partial charge in [-0.05, 0) is 44.4 Å². The van der Waals surface area contributed by atoms with Crippen LogP contribution in [0.15, 0.2) is 0 Å². The molecule has 0 bridgehead atoms. The molecule has 0 aliphatic heterocycles. The Kier molecular flexibility index (Phi) is 4.02. The van der Waals surface area contributed by atoms with E-state index in [0.717, 1.165) is 43.6 Å². The molecule has 1 saturated carbocycles. The van der Waals surface area contributed by atoms with Crippen LogP contribution >= 0.6 is 0 Å². The summed E-state index contributed by atoms with van der Waals surface area (Å²) >= 11 is 0. The fourth-order valence-corrected chi connectivity index (χ4v) is 3.85. The lowest BCUT2D eigenvalue weighted by atomic mass is 9.80. The van der Waals surface area contributed by atoms with Gasteiger partial charge in [-0.15, -0.1) is 0 Å². The number of nitrogens with zero attached hydrogens (tertiary/aromatic N) is 1. The van der Waals surface area contributed by atoms with Gasteiger partial charge in [-0.2, -0.15) is 13.2 Å². The van der Waals surface area contributed by atoms with Crippen molar-refractivity contribution in [3.63, 3.8) is 0 Å². The predicted molar refractivity (Wildman–Crippen MR) is 75.1 cm³/mol. The normalized spacial score (nSPS) is 30.2. The van der Waals surface area contributed by atoms with Gasteiger partial charge in [0.25, 0.3) is 0 Å². The van der Waals surface area contributed by atoms with Crippen LogP contribution in [-0.2, 0) is 12.8 Å². The van der Waals surface area contributed by atoms with E-state index in [0.29, 0.717) is 12.3 Å². The molecule has 21 heavy (non-hydrogen) atoms. The summed E-state index contributed by atoms with van der Waals surface area (Å²) in [6, 6.07) is 0. The monoisotopic (exact) mass is 300 g/mol. The van der Waals surface area contributed by atoms with Gasteiger partial charge >= 0.3 is 6.18 Å². The highest BCUT2D eigenvalue weighted by molar-refractivity contribution is 5.20. The second-order valence-corrected chi connectivity index (χ2v) is 6.67. The van der Waals surface area contributed by atoms with E-state index in [9.17, 15) is 13.2 Å². The number of nitrogens with one attached hydrogen (secondary N) is 1. The highest BCUT2D eigenvalue weighted by atomic mass is 19.4. The molecule has 0 amide bonds. The first-order chi connectivity index (χ1) is 9.97. The Morgan fingerprint density at radius 2 is 2.05 bits per heavy atom. The highest BCUT2D eigenvalue weighted by Crippen LogP contribution is 2.43. The smallest absolute Gasteiger partial charge is 0.345 e. The molecule has 118 valence electrons. The molecule has 3 rings (SSSR count). The highest BCUT2D eigenvalue weighted by Gasteiger charge is 2.43. The van der Waals surface area contributed by atoms with Gasteiger partial charge in [0.2, 0.25) is 0 Å². The van der Waals surface area contributed by atoms with Crippen molar-refractivity contribution in [1.82, 2.24) is 9.97 Å². The Labute approximate surface area is 123 Å². The summed E-state index contributed by atoms with van der Waals surface area (Å²) in [5.41, 5.74) is 2.28. The molecule has 1 heterocycles. The maximum absolute atomic E-state index is 12.9. The summed E-state index contributed by atoms with van der Waals surface area (Å²) < 4.78 is 38.8. The zero-order valence-corrected chi connectivity index (χ0v) is 12.5. The van der Waals surface area contributed by atoms with Crippen molar-refractivity contribution in [1.29, 1.82) is 0 Å². The number of rotatable bonds is 2. The Balaban J connectivity index is 1.74. The summed E-state index contributed by atoms with van der Waals surface area (Å²) in [6.45, 7) is 2.20. The number of aromatic nitrogens is 2. The van der Waals surface area contributed by atoms with Gasteiger partial charge in [-0.1, -0.05) is 19.8 Å². The Morgan fingerprint density at radius 1 is 1.24 bits per heavy atom. The number of halogens is 3. The van der Waals surface area contributed by atoms with Crippen molar-refractivity contribution in [3.05, 3.63) is 17.2 Å². The molecule has 3 unspecified atom stereocenters. The summed E-state index contributed by atoms with van der Waals surface area (Å²) in [5, 5.41) is 0. The standard InChI is InChI=1S/C16H23F3N2/c1-2-10-6-7-13-14(8-10)21-15(20-13)11-4-3-5-12(9-11)16(17,18)19/h10-12H,2-9H2,1H3,(H,20,21). The van der Waals surface area contributed by atoms with Crippen LogP contribution in [-0.4, -0.2) is 16.1 Å². The molecule has 1 N–H and O–H groups in total. The van der Waals surface area contributed by atoms with Crippen molar-refractivity contribution in [2.45, 2.75) is 70.4 Å². The summed E-state index contributed by atoms with van der Waals surface area (Å²) in [5.74, 6) is 0.309. The number of aromatic amines is 1. The van der Waals surface area contributed by atoms with Crippen LogP contribution in [0, 0.1) is 11.8 Å². The van der Waals surface area contributed by atoms with Crippen molar-refractivity contribution < 1.29 is 13.2 Å². The first-order valence-corrected chi connectivity index (χ1v) is 8.11. The number of aryl methyl sites for hydroxylation is 1. The van der Waals surface area contributed by atoms with Gasteiger partial charge in [-0.25, -0.2) is 4.98 Å². The number of alkyl halides is 3. The number of hydrogen-bond acceptors (Lipinski definition) is 1. The lowest BCUT2D eigenvalue weighted by Crippen LogP contribution is -2.28. The van der Waals surface area contributed by atoms with Crippen LogP contribution in [0.1, 0.15) is 68.6 Å². The lowest BCUT2D eigenvalue weighted by molar-refractivity contribution is -0.183. The van der Waals surface area contributed by atoms with E-state index in [-0.39, 0.29) is 18.8 Å². The molecule has 1 aromatic heterocycles. The number of hydrogen-bond donors (Lipinski definition) is 1. The third-order valence-corrected chi connectivity index (χ3v) is 5.27. The van der Waals surface area contributed by atoms with E-state index in [2.05, 4.69) is 16.9 Å². The van der Waals surface area contributed by atoms with Gasteiger partial charge in [0.15, 0.2) is 0 Å². The molecule has 1 aromatic rings. The second kappa shape index (κ2) is 5.65. The second-order valence-electron chi connectivity index (χ2n) is 6.67. The molecule has 0 aromatic carbocycles. The molecule has 2 nitrogen and oxygen atoms in total. The molecule has 3 atom stereocenters. The van der Waals surface area contributed by atoms with Crippen LogP contribution in [0.2, 0.25) is 0 Å². The van der Waals surface area contributed by atoms with E-state index in [1.807, 2.05) is 0 Å². The fraction of sp³-hybridized carbons (Fsp3) is 0.812. The largest absolute Gasteiger partial charge is 0.391 e. The SMILES string of the molecule is CCC1CCc2nc(C3CCCC(C(F)(F)F)C3)[nH]c2C1. The molecule has 2 aliphatic carbocycles. The van der Waals surface area contributed by atoms with Gasteiger partial charge in [0, 0.05) is 11.6 Å². The molecule has 0 spiro atoms. The summed E-state index contributed by atoms with van der Waals surface area (Å²) in [6.07, 6.45) is 2.20. The van der Waals surface area contributed by atoms with E-state index < -0.39 is 12.1 Å². The van der Waals surface area contributed by atoms with Crippen molar-refractivity contribution in [2.75, 3.05) is 0 Å². The molecule has 5 heteroatoms. The quantitative estimate of drug-likeness (QED) is 0.838. The molecular weight excluding hydrogens is 277 g/mol. The number of imidazole rings is 1. The molecular formula is C16H23F3N2. The van der Waals surface area contributed by atoms with Gasteiger partial charge < -0.3 is 4.98 Å². The van der Waals surface area contributed by atoms with E-state index in [1.165, 1.54) is 5.69 Å². The molecule has 0 saturated heterocycles. The fourth-order valence-electron chi connectivity index (χ4n) is 3.85. The zero-order chi connectivity index (χ0) is 15.0. The third kappa shape index (κ3) is 3.11. The van der Waals surface area contributed by atoms with E-state index in [1.54, 1.807) is 0 Å². The molecule has 0 radical (unpaired) electrons.